The lowest BCUT2D eigenvalue weighted by molar-refractivity contribution is -0.109. The Labute approximate surface area is 153 Å². The summed E-state index contributed by atoms with van der Waals surface area (Å²) < 4.78 is 11.9. The lowest BCUT2D eigenvalue weighted by atomic mass is 9.94. The minimum absolute atomic E-state index is 0.148. The molecule has 0 N–H and O–H groups in total. The van der Waals surface area contributed by atoms with E-state index in [1.165, 1.54) is 0 Å². The third kappa shape index (κ3) is 2.56. The number of fused-ring (bicyclic) bond motifs is 3. The van der Waals surface area contributed by atoms with Crippen LogP contribution in [0.15, 0.2) is 47.6 Å². The first-order valence-corrected chi connectivity index (χ1v) is 8.92. The molecule has 2 aliphatic heterocycles. The molecule has 0 saturated heterocycles. The fraction of sp³-hybridized carbons (Fsp3) is 0.350. The van der Waals surface area contributed by atoms with Crippen molar-refractivity contribution in [3.63, 3.8) is 0 Å². The molecule has 2 heterocycles. The predicted molar refractivity (Wildman–Crippen MR) is 99.5 cm³/mol. The molecule has 5 heteroatoms. The van der Waals surface area contributed by atoms with Gasteiger partial charge in [-0.3, -0.25) is 0 Å². The average molecular weight is 357 g/mol. The average Bonchev–Trinajstić information content (AvgIpc) is 3.09. The second kappa shape index (κ2) is 5.95. The van der Waals surface area contributed by atoms with Crippen LogP contribution < -0.4 is 9.47 Å². The van der Waals surface area contributed by atoms with Gasteiger partial charge in [-0.1, -0.05) is 42.8 Å². The van der Waals surface area contributed by atoms with Crippen molar-refractivity contribution in [1.29, 1.82) is 0 Å². The standard InChI is InChI=1S/C20H21ClN2O2/c1-4-20(2)23-17(15-6-5-7-18(24-3)19(15)25-20)12-16(22-23)13-8-10-14(21)11-9-13/h5-11,17H,4,12H2,1-3H3/t17-,20+/m1/s1. The Balaban J connectivity index is 1.79. The topological polar surface area (TPSA) is 34.1 Å². The molecule has 130 valence electrons. The molecule has 0 spiro atoms. The Bertz CT molecular complexity index is 834. The smallest absolute Gasteiger partial charge is 0.195 e. The molecule has 0 unspecified atom stereocenters. The number of hydrazone groups is 1. The van der Waals surface area contributed by atoms with Crippen LogP contribution in [0.2, 0.25) is 5.02 Å². The summed E-state index contributed by atoms with van der Waals surface area (Å²) in [6, 6.07) is 14.1. The Kier molecular flexibility index (Phi) is 3.88. The van der Waals surface area contributed by atoms with E-state index in [4.69, 9.17) is 26.2 Å². The van der Waals surface area contributed by atoms with Crippen LogP contribution in [0.25, 0.3) is 0 Å². The van der Waals surface area contributed by atoms with E-state index in [0.29, 0.717) is 0 Å². The summed E-state index contributed by atoms with van der Waals surface area (Å²) >= 11 is 6.02. The third-order valence-electron chi connectivity index (χ3n) is 5.14. The highest BCUT2D eigenvalue weighted by molar-refractivity contribution is 6.30. The van der Waals surface area contributed by atoms with E-state index in [1.807, 2.05) is 36.4 Å². The zero-order valence-corrected chi connectivity index (χ0v) is 15.4. The van der Waals surface area contributed by atoms with Crippen molar-refractivity contribution in [2.75, 3.05) is 7.11 Å². The number of hydrogen-bond acceptors (Lipinski definition) is 4. The Morgan fingerprint density at radius 3 is 2.72 bits per heavy atom. The molecule has 4 nitrogen and oxygen atoms in total. The molecule has 0 aromatic heterocycles. The summed E-state index contributed by atoms with van der Waals surface area (Å²) in [6.07, 6.45) is 1.65. The molecular formula is C20H21ClN2O2. The van der Waals surface area contributed by atoms with Crippen molar-refractivity contribution in [2.45, 2.75) is 38.5 Å². The first-order chi connectivity index (χ1) is 12.1. The molecule has 4 rings (SSSR count). The van der Waals surface area contributed by atoms with E-state index in [2.05, 4.69) is 24.9 Å². The number of ether oxygens (including phenoxy) is 2. The van der Waals surface area contributed by atoms with Crippen molar-refractivity contribution < 1.29 is 9.47 Å². The summed E-state index contributed by atoms with van der Waals surface area (Å²) in [5.41, 5.74) is 2.78. The largest absolute Gasteiger partial charge is 0.493 e. The maximum Gasteiger partial charge on any atom is 0.195 e. The summed E-state index contributed by atoms with van der Waals surface area (Å²) in [7, 11) is 1.68. The van der Waals surface area contributed by atoms with Gasteiger partial charge < -0.3 is 9.47 Å². The molecule has 0 saturated carbocycles. The second-order valence-corrected chi connectivity index (χ2v) is 7.06. The summed E-state index contributed by atoms with van der Waals surface area (Å²) in [5, 5.41) is 7.77. The van der Waals surface area contributed by atoms with Gasteiger partial charge in [0.15, 0.2) is 17.2 Å². The van der Waals surface area contributed by atoms with Crippen LogP contribution in [0.4, 0.5) is 0 Å². The SMILES string of the molecule is CC[C@]1(C)Oc2c(OC)cccc2[C@H]2CC(c3ccc(Cl)cc3)=NN21. The van der Waals surface area contributed by atoms with Gasteiger partial charge in [0.2, 0.25) is 0 Å². The van der Waals surface area contributed by atoms with E-state index >= 15 is 0 Å². The van der Waals surface area contributed by atoms with E-state index in [0.717, 1.165) is 46.2 Å². The lowest BCUT2D eigenvalue weighted by Crippen LogP contribution is -2.50. The first-order valence-electron chi connectivity index (χ1n) is 8.54. The first kappa shape index (κ1) is 16.3. The quantitative estimate of drug-likeness (QED) is 0.774. The fourth-order valence-electron chi connectivity index (χ4n) is 3.57. The van der Waals surface area contributed by atoms with Gasteiger partial charge in [0.05, 0.1) is 18.9 Å². The van der Waals surface area contributed by atoms with Crippen LogP contribution in [0.5, 0.6) is 11.5 Å². The number of benzene rings is 2. The van der Waals surface area contributed by atoms with E-state index in [9.17, 15) is 0 Å². The molecule has 2 aliphatic rings. The zero-order valence-electron chi connectivity index (χ0n) is 14.6. The van der Waals surface area contributed by atoms with E-state index in [-0.39, 0.29) is 6.04 Å². The molecule has 2 atom stereocenters. The molecule has 0 fully saturated rings. The van der Waals surface area contributed by atoms with E-state index in [1.54, 1.807) is 7.11 Å². The number of halogens is 1. The monoisotopic (exact) mass is 356 g/mol. The van der Waals surface area contributed by atoms with Crippen LogP contribution in [0.3, 0.4) is 0 Å². The minimum Gasteiger partial charge on any atom is -0.493 e. The number of nitrogens with zero attached hydrogens (tertiary/aromatic N) is 2. The molecule has 2 aromatic carbocycles. The van der Waals surface area contributed by atoms with Crippen LogP contribution in [-0.2, 0) is 0 Å². The normalized spacial score (nSPS) is 24.2. The summed E-state index contributed by atoms with van der Waals surface area (Å²) in [5.74, 6) is 1.61. The summed E-state index contributed by atoms with van der Waals surface area (Å²) in [6.45, 7) is 4.21. The van der Waals surface area contributed by atoms with Crippen LogP contribution >= 0.6 is 11.6 Å². The number of methoxy groups -OCH3 is 1. The molecule has 0 bridgehead atoms. The number of para-hydroxylation sites is 1. The second-order valence-electron chi connectivity index (χ2n) is 6.63. The molecule has 2 aromatic rings. The van der Waals surface area contributed by atoms with Crippen LogP contribution in [0, 0.1) is 0 Å². The van der Waals surface area contributed by atoms with Gasteiger partial charge in [-0.15, -0.1) is 0 Å². The predicted octanol–water partition coefficient (Wildman–Crippen LogP) is 5.02. The van der Waals surface area contributed by atoms with Crippen molar-refractivity contribution in [3.05, 3.63) is 58.6 Å². The van der Waals surface area contributed by atoms with Gasteiger partial charge in [-0.2, -0.15) is 5.10 Å². The molecule has 25 heavy (non-hydrogen) atoms. The van der Waals surface area contributed by atoms with Crippen molar-refractivity contribution in [3.8, 4) is 11.5 Å². The van der Waals surface area contributed by atoms with Crippen molar-refractivity contribution in [2.24, 2.45) is 5.10 Å². The third-order valence-corrected chi connectivity index (χ3v) is 5.39. The molecule has 0 aliphatic carbocycles. The molecular weight excluding hydrogens is 336 g/mol. The Morgan fingerprint density at radius 2 is 2.04 bits per heavy atom. The number of hydrogen-bond donors (Lipinski definition) is 0. The van der Waals surface area contributed by atoms with Gasteiger partial charge in [0.1, 0.15) is 0 Å². The zero-order chi connectivity index (χ0) is 17.6. The Hall–Kier alpha value is -2.20. The number of rotatable bonds is 3. The van der Waals surface area contributed by atoms with Crippen molar-refractivity contribution >= 4 is 17.3 Å². The molecule has 0 amide bonds. The van der Waals surface area contributed by atoms with Crippen LogP contribution in [0.1, 0.15) is 43.9 Å². The van der Waals surface area contributed by atoms with Gasteiger partial charge in [-0.25, -0.2) is 5.01 Å². The highest BCUT2D eigenvalue weighted by atomic mass is 35.5. The van der Waals surface area contributed by atoms with Crippen LogP contribution in [-0.4, -0.2) is 23.6 Å². The van der Waals surface area contributed by atoms with Gasteiger partial charge in [-0.05, 0) is 30.7 Å². The van der Waals surface area contributed by atoms with Gasteiger partial charge in [0, 0.05) is 23.4 Å². The maximum absolute atomic E-state index is 6.38. The highest BCUT2D eigenvalue weighted by Crippen LogP contribution is 2.50. The summed E-state index contributed by atoms with van der Waals surface area (Å²) in [4.78, 5) is 0. The maximum atomic E-state index is 6.38. The minimum atomic E-state index is -0.500. The van der Waals surface area contributed by atoms with Gasteiger partial charge >= 0.3 is 0 Å². The fourth-order valence-corrected chi connectivity index (χ4v) is 3.70. The van der Waals surface area contributed by atoms with Crippen molar-refractivity contribution in [1.82, 2.24) is 5.01 Å². The highest BCUT2D eigenvalue weighted by Gasteiger charge is 2.47. The lowest BCUT2D eigenvalue weighted by Gasteiger charge is -2.45. The van der Waals surface area contributed by atoms with Gasteiger partial charge in [0.25, 0.3) is 0 Å². The van der Waals surface area contributed by atoms with E-state index < -0.39 is 5.72 Å². The Morgan fingerprint density at radius 1 is 1.28 bits per heavy atom. The molecule has 0 radical (unpaired) electrons.